The molecular formula is C45H28N2O. The lowest BCUT2D eigenvalue weighted by Gasteiger charge is -2.26. The van der Waals surface area contributed by atoms with E-state index in [1.165, 1.54) is 55.3 Å². The Labute approximate surface area is 278 Å². The van der Waals surface area contributed by atoms with Crippen LogP contribution in [0.5, 0.6) is 0 Å². The van der Waals surface area contributed by atoms with Gasteiger partial charge in [0.15, 0.2) is 0 Å². The minimum atomic E-state index is 0.654. The molecule has 1 aliphatic carbocycles. The van der Waals surface area contributed by atoms with Crippen LogP contribution >= 0.6 is 0 Å². The van der Waals surface area contributed by atoms with Crippen LogP contribution in [0.3, 0.4) is 0 Å². The van der Waals surface area contributed by atoms with Crippen LogP contribution in [0, 0.1) is 0 Å². The standard InChI is InChI=1S/C45H28N2O/c1-2-8-29(9-3-1)30-15-19-32(20-16-30)47(34-23-26-43-42(28-34)41-14-7-27-46-45(41)48-43)33-21-17-31(18-22-33)35-24-25-40-37-11-5-4-10-36(37)39-13-6-12-38(35)44(39)40/h1-28H. The first-order chi connectivity index (χ1) is 23.8. The molecule has 0 radical (unpaired) electrons. The van der Waals surface area contributed by atoms with Gasteiger partial charge in [0.05, 0.1) is 0 Å². The van der Waals surface area contributed by atoms with E-state index in [4.69, 9.17) is 4.42 Å². The fourth-order valence-corrected chi connectivity index (χ4v) is 7.47. The number of anilines is 3. The smallest absolute Gasteiger partial charge is 0.227 e. The normalized spacial score (nSPS) is 11.8. The molecule has 0 saturated carbocycles. The Bertz CT molecular complexity index is 2620. The maximum absolute atomic E-state index is 6.08. The molecular weight excluding hydrogens is 585 g/mol. The summed E-state index contributed by atoms with van der Waals surface area (Å²) in [5.74, 6) is 0. The minimum absolute atomic E-state index is 0.654. The van der Waals surface area contributed by atoms with Crippen molar-refractivity contribution in [3.05, 3.63) is 170 Å². The van der Waals surface area contributed by atoms with Crippen molar-refractivity contribution in [2.24, 2.45) is 0 Å². The zero-order valence-corrected chi connectivity index (χ0v) is 26.0. The highest BCUT2D eigenvalue weighted by molar-refractivity contribution is 6.18. The van der Waals surface area contributed by atoms with Crippen molar-refractivity contribution in [3.8, 4) is 44.5 Å². The molecule has 0 atom stereocenters. The summed E-state index contributed by atoms with van der Waals surface area (Å²) in [6, 6.07) is 58.7. The molecule has 2 heterocycles. The molecule has 0 aliphatic heterocycles. The van der Waals surface area contributed by atoms with Gasteiger partial charge in [-0.15, -0.1) is 0 Å². The Hall–Kier alpha value is -6.45. The first-order valence-electron chi connectivity index (χ1n) is 16.3. The second-order valence-corrected chi connectivity index (χ2v) is 12.4. The molecule has 3 nitrogen and oxygen atoms in total. The Kier molecular flexibility index (Phi) is 5.87. The molecule has 7 aromatic carbocycles. The van der Waals surface area contributed by atoms with Crippen molar-refractivity contribution in [1.82, 2.24) is 4.98 Å². The molecule has 3 heteroatoms. The molecule has 0 unspecified atom stereocenters. The molecule has 0 bridgehead atoms. The number of fused-ring (bicyclic) bond motifs is 6. The van der Waals surface area contributed by atoms with E-state index in [9.17, 15) is 0 Å². The van der Waals surface area contributed by atoms with E-state index in [1.807, 2.05) is 6.07 Å². The monoisotopic (exact) mass is 612 g/mol. The predicted octanol–water partition coefficient (Wildman–Crippen LogP) is 12.6. The van der Waals surface area contributed by atoms with Crippen molar-refractivity contribution >= 4 is 49.9 Å². The number of aromatic nitrogens is 1. The zero-order valence-electron chi connectivity index (χ0n) is 26.0. The van der Waals surface area contributed by atoms with Gasteiger partial charge >= 0.3 is 0 Å². The van der Waals surface area contributed by atoms with Gasteiger partial charge in [0.2, 0.25) is 5.71 Å². The minimum Gasteiger partial charge on any atom is -0.438 e. The molecule has 0 fully saturated rings. The Morgan fingerprint density at radius 1 is 0.396 bits per heavy atom. The number of pyridine rings is 1. The Balaban J connectivity index is 1.10. The average Bonchev–Trinajstić information content (AvgIpc) is 3.69. The van der Waals surface area contributed by atoms with Crippen LogP contribution in [0.25, 0.3) is 77.3 Å². The van der Waals surface area contributed by atoms with E-state index in [-0.39, 0.29) is 0 Å². The topological polar surface area (TPSA) is 29.3 Å². The van der Waals surface area contributed by atoms with Gasteiger partial charge in [-0.1, -0.05) is 109 Å². The van der Waals surface area contributed by atoms with Gasteiger partial charge in [-0.3, -0.25) is 0 Å². The SMILES string of the molecule is c1ccc(-c2ccc(N(c3ccc(-c4ccc5c6c(cccc46)-c4ccccc4-5)cc3)c3ccc4oc5ncccc5c4c3)cc2)cc1. The molecule has 10 rings (SSSR count). The summed E-state index contributed by atoms with van der Waals surface area (Å²) in [6.45, 7) is 0. The number of benzene rings is 7. The number of furan rings is 1. The van der Waals surface area contributed by atoms with Crippen molar-refractivity contribution in [1.29, 1.82) is 0 Å². The zero-order chi connectivity index (χ0) is 31.6. The third-order valence-electron chi connectivity index (χ3n) is 9.71. The van der Waals surface area contributed by atoms with Crippen molar-refractivity contribution in [2.45, 2.75) is 0 Å². The van der Waals surface area contributed by atoms with Gasteiger partial charge in [-0.25, -0.2) is 4.98 Å². The van der Waals surface area contributed by atoms with Crippen molar-refractivity contribution in [2.75, 3.05) is 4.90 Å². The van der Waals surface area contributed by atoms with Crippen LogP contribution in [0.15, 0.2) is 174 Å². The van der Waals surface area contributed by atoms with Gasteiger partial charge in [-0.05, 0) is 110 Å². The third kappa shape index (κ3) is 4.11. The summed E-state index contributed by atoms with van der Waals surface area (Å²) >= 11 is 0. The Morgan fingerprint density at radius 3 is 1.77 bits per heavy atom. The van der Waals surface area contributed by atoms with Crippen LogP contribution in [-0.2, 0) is 0 Å². The third-order valence-corrected chi connectivity index (χ3v) is 9.71. The molecule has 0 spiro atoms. The second kappa shape index (κ2) is 10.5. The quantitative estimate of drug-likeness (QED) is 0.194. The summed E-state index contributed by atoms with van der Waals surface area (Å²) in [5.41, 5.74) is 14.8. The number of nitrogens with zero attached hydrogens (tertiary/aromatic N) is 2. The summed E-state index contributed by atoms with van der Waals surface area (Å²) in [6.07, 6.45) is 1.77. The molecule has 1 aliphatic rings. The fraction of sp³-hybridized carbons (Fsp3) is 0. The molecule has 224 valence electrons. The molecule has 48 heavy (non-hydrogen) atoms. The van der Waals surface area contributed by atoms with Gasteiger partial charge in [-0.2, -0.15) is 0 Å². The summed E-state index contributed by atoms with van der Waals surface area (Å²) in [5, 5.41) is 4.69. The van der Waals surface area contributed by atoms with Crippen LogP contribution in [0.4, 0.5) is 17.1 Å². The summed E-state index contributed by atoms with van der Waals surface area (Å²) < 4.78 is 6.08. The number of hydrogen-bond acceptors (Lipinski definition) is 3. The molecule has 9 aromatic rings. The van der Waals surface area contributed by atoms with E-state index in [1.54, 1.807) is 6.20 Å². The van der Waals surface area contributed by atoms with Gasteiger partial charge in [0.25, 0.3) is 0 Å². The summed E-state index contributed by atoms with van der Waals surface area (Å²) in [7, 11) is 0. The van der Waals surface area contributed by atoms with E-state index in [0.29, 0.717) is 5.71 Å². The van der Waals surface area contributed by atoms with Crippen LogP contribution in [0.2, 0.25) is 0 Å². The Morgan fingerprint density at radius 2 is 1.00 bits per heavy atom. The highest BCUT2D eigenvalue weighted by atomic mass is 16.3. The van der Waals surface area contributed by atoms with Gasteiger partial charge in [0.1, 0.15) is 5.58 Å². The van der Waals surface area contributed by atoms with Crippen LogP contribution < -0.4 is 4.90 Å². The number of rotatable bonds is 5. The van der Waals surface area contributed by atoms with E-state index < -0.39 is 0 Å². The first kappa shape index (κ1) is 26.7. The lowest BCUT2D eigenvalue weighted by molar-refractivity contribution is 0.654. The van der Waals surface area contributed by atoms with Crippen molar-refractivity contribution < 1.29 is 4.42 Å². The fourth-order valence-electron chi connectivity index (χ4n) is 7.47. The van der Waals surface area contributed by atoms with Crippen LogP contribution in [0.1, 0.15) is 0 Å². The lowest BCUT2D eigenvalue weighted by Crippen LogP contribution is -2.09. The maximum Gasteiger partial charge on any atom is 0.227 e. The predicted molar refractivity (Wildman–Crippen MR) is 199 cm³/mol. The second-order valence-electron chi connectivity index (χ2n) is 12.4. The van der Waals surface area contributed by atoms with Crippen molar-refractivity contribution in [3.63, 3.8) is 0 Å². The largest absolute Gasteiger partial charge is 0.438 e. The molecule has 0 saturated heterocycles. The molecule has 0 amide bonds. The molecule has 0 N–H and O–H groups in total. The van der Waals surface area contributed by atoms with Crippen LogP contribution in [-0.4, -0.2) is 4.98 Å². The highest BCUT2D eigenvalue weighted by Gasteiger charge is 2.22. The van der Waals surface area contributed by atoms with E-state index in [2.05, 4.69) is 168 Å². The number of hydrogen-bond donors (Lipinski definition) is 0. The highest BCUT2D eigenvalue weighted by Crippen LogP contribution is 2.49. The summed E-state index contributed by atoms with van der Waals surface area (Å²) in [4.78, 5) is 6.77. The maximum atomic E-state index is 6.08. The molecule has 2 aromatic heterocycles. The van der Waals surface area contributed by atoms with E-state index >= 15 is 0 Å². The van der Waals surface area contributed by atoms with Gasteiger partial charge < -0.3 is 9.32 Å². The lowest BCUT2D eigenvalue weighted by atomic mass is 9.94. The van der Waals surface area contributed by atoms with E-state index in [0.717, 1.165) is 33.4 Å². The van der Waals surface area contributed by atoms with Gasteiger partial charge in [0, 0.05) is 34.0 Å². The average molecular weight is 613 g/mol. The first-order valence-corrected chi connectivity index (χ1v) is 16.3.